The van der Waals surface area contributed by atoms with Crippen LogP contribution in [0.4, 0.5) is 5.69 Å². The number of nitrogens with zero attached hydrogens (tertiary/aromatic N) is 1. The van der Waals surface area contributed by atoms with Crippen LogP contribution >= 0.6 is 0 Å². The van der Waals surface area contributed by atoms with Crippen LogP contribution in [-0.4, -0.2) is 18.8 Å². The van der Waals surface area contributed by atoms with Crippen LogP contribution in [0.2, 0.25) is 0 Å². The van der Waals surface area contributed by atoms with Gasteiger partial charge in [-0.15, -0.1) is 0 Å². The summed E-state index contributed by atoms with van der Waals surface area (Å²) in [6, 6.07) is 22.7. The Morgan fingerprint density at radius 2 is 1.55 bits per heavy atom. The van der Waals surface area contributed by atoms with Crippen molar-refractivity contribution in [2.75, 3.05) is 6.61 Å². The molecule has 0 bridgehead atoms. The molecule has 1 atom stereocenters. The van der Waals surface area contributed by atoms with E-state index < -0.39 is 5.97 Å². The van der Waals surface area contributed by atoms with E-state index in [4.69, 9.17) is 9.47 Å². The largest absolute Gasteiger partial charge is 0.494 e. The van der Waals surface area contributed by atoms with Crippen molar-refractivity contribution in [2.45, 2.75) is 52.4 Å². The summed E-state index contributed by atoms with van der Waals surface area (Å²) < 4.78 is 11.2. The molecular formula is C29H33NO3. The summed E-state index contributed by atoms with van der Waals surface area (Å²) in [7, 11) is 0. The van der Waals surface area contributed by atoms with E-state index in [2.05, 4.69) is 37.9 Å². The molecule has 3 rings (SSSR count). The van der Waals surface area contributed by atoms with Crippen LogP contribution in [-0.2, 0) is 0 Å². The topological polar surface area (TPSA) is 47.9 Å². The van der Waals surface area contributed by atoms with E-state index in [0.717, 1.165) is 42.7 Å². The Morgan fingerprint density at radius 3 is 2.18 bits per heavy atom. The second-order valence-electron chi connectivity index (χ2n) is 8.20. The Labute approximate surface area is 197 Å². The van der Waals surface area contributed by atoms with Crippen LogP contribution < -0.4 is 9.47 Å². The second kappa shape index (κ2) is 12.6. The highest BCUT2D eigenvalue weighted by Gasteiger charge is 2.09. The van der Waals surface area contributed by atoms with Gasteiger partial charge in [0.05, 0.1) is 17.9 Å². The molecule has 4 heteroatoms. The van der Waals surface area contributed by atoms with Crippen molar-refractivity contribution in [3.05, 3.63) is 89.5 Å². The van der Waals surface area contributed by atoms with E-state index in [1.165, 1.54) is 5.56 Å². The lowest BCUT2D eigenvalue weighted by Crippen LogP contribution is -2.08. The SMILES string of the molecule is CCCCCOc1ccc(C(=O)Oc2ccc(C=Nc3ccc([C@@H](C)CC)cc3)cc2)cc1. The zero-order valence-electron chi connectivity index (χ0n) is 19.8. The van der Waals surface area contributed by atoms with Crippen LogP contribution in [0.25, 0.3) is 0 Å². The highest BCUT2D eigenvalue weighted by molar-refractivity contribution is 5.91. The van der Waals surface area contributed by atoms with Gasteiger partial charge < -0.3 is 9.47 Å². The van der Waals surface area contributed by atoms with Crippen molar-refractivity contribution in [3.8, 4) is 11.5 Å². The third-order valence-electron chi connectivity index (χ3n) is 5.63. The highest BCUT2D eigenvalue weighted by Crippen LogP contribution is 2.22. The highest BCUT2D eigenvalue weighted by atomic mass is 16.5. The Balaban J connectivity index is 1.52. The zero-order valence-corrected chi connectivity index (χ0v) is 19.8. The first kappa shape index (κ1) is 24.2. The van der Waals surface area contributed by atoms with Crippen molar-refractivity contribution in [1.29, 1.82) is 0 Å². The molecule has 0 amide bonds. The van der Waals surface area contributed by atoms with Crippen molar-refractivity contribution in [1.82, 2.24) is 0 Å². The summed E-state index contributed by atoms with van der Waals surface area (Å²) in [6.45, 7) is 7.27. The van der Waals surface area contributed by atoms with Crippen LogP contribution in [0.1, 0.15) is 73.9 Å². The summed E-state index contributed by atoms with van der Waals surface area (Å²) in [5.41, 5.74) is 3.67. The number of unbranched alkanes of at least 4 members (excludes halogenated alkanes) is 2. The smallest absolute Gasteiger partial charge is 0.343 e. The van der Waals surface area contributed by atoms with Crippen molar-refractivity contribution in [2.24, 2.45) is 4.99 Å². The average molecular weight is 444 g/mol. The van der Waals surface area contributed by atoms with Gasteiger partial charge in [0.2, 0.25) is 0 Å². The van der Waals surface area contributed by atoms with Crippen molar-refractivity contribution < 1.29 is 14.3 Å². The summed E-state index contributed by atoms with van der Waals surface area (Å²) in [4.78, 5) is 17.0. The molecule has 33 heavy (non-hydrogen) atoms. The van der Waals surface area contributed by atoms with E-state index in [1.807, 2.05) is 30.5 Å². The molecule has 0 aromatic heterocycles. The number of aliphatic imine (C=N–C) groups is 1. The molecule has 172 valence electrons. The van der Waals surface area contributed by atoms with E-state index in [9.17, 15) is 4.79 Å². The number of esters is 1. The number of carbonyl (C=O) groups is 1. The first-order chi connectivity index (χ1) is 16.1. The van der Waals surface area contributed by atoms with Gasteiger partial charge >= 0.3 is 5.97 Å². The molecule has 0 unspecified atom stereocenters. The lowest BCUT2D eigenvalue weighted by Gasteiger charge is -2.08. The molecule has 0 spiro atoms. The van der Waals surface area contributed by atoms with E-state index in [1.54, 1.807) is 36.4 Å². The fourth-order valence-corrected chi connectivity index (χ4v) is 3.29. The van der Waals surface area contributed by atoms with E-state index in [-0.39, 0.29) is 0 Å². The average Bonchev–Trinajstić information content (AvgIpc) is 2.86. The van der Waals surface area contributed by atoms with Crippen LogP contribution in [0.5, 0.6) is 11.5 Å². The molecule has 0 fully saturated rings. The second-order valence-corrected chi connectivity index (χ2v) is 8.20. The maximum Gasteiger partial charge on any atom is 0.343 e. The first-order valence-corrected chi connectivity index (χ1v) is 11.8. The Bertz CT molecular complexity index is 1020. The first-order valence-electron chi connectivity index (χ1n) is 11.8. The van der Waals surface area contributed by atoms with Crippen molar-refractivity contribution in [3.63, 3.8) is 0 Å². The normalized spacial score (nSPS) is 12.0. The minimum Gasteiger partial charge on any atom is -0.494 e. The fraction of sp³-hybridized carbons (Fsp3) is 0.310. The lowest BCUT2D eigenvalue weighted by atomic mass is 9.99. The molecule has 0 heterocycles. The quantitative estimate of drug-likeness (QED) is 0.132. The number of benzene rings is 3. The molecule has 0 saturated heterocycles. The maximum absolute atomic E-state index is 12.4. The Hall–Kier alpha value is -3.40. The summed E-state index contributed by atoms with van der Waals surface area (Å²) in [6.07, 6.45) is 6.28. The maximum atomic E-state index is 12.4. The minimum atomic E-state index is -0.393. The van der Waals surface area contributed by atoms with Crippen LogP contribution in [0.3, 0.4) is 0 Å². The minimum absolute atomic E-state index is 0.393. The molecule has 3 aromatic carbocycles. The lowest BCUT2D eigenvalue weighted by molar-refractivity contribution is 0.0734. The van der Waals surface area contributed by atoms with Crippen LogP contribution in [0.15, 0.2) is 77.8 Å². The molecule has 0 N–H and O–H groups in total. The van der Waals surface area contributed by atoms with Gasteiger partial charge in [-0.2, -0.15) is 0 Å². The van der Waals surface area contributed by atoms with Gasteiger partial charge in [0.1, 0.15) is 11.5 Å². The molecule has 0 aliphatic heterocycles. The number of hydrogen-bond donors (Lipinski definition) is 0. The van der Waals surface area contributed by atoms with Gasteiger partial charge in [-0.3, -0.25) is 4.99 Å². The van der Waals surface area contributed by atoms with E-state index in [0.29, 0.717) is 23.8 Å². The summed E-state index contributed by atoms with van der Waals surface area (Å²) in [5, 5.41) is 0. The molecule has 0 aliphatic carbocycles. The molecule has 0 radical (unpaired) electrons. The van der Waals surface area contributed by atoms with Gasteiger partial charge in [-0.1, -0.05) is 45.7 Å². The van der Waals surface area contributed by atoms with Gasteiger partial charge in [0.25, 0.3) is 0 Å². The number of hydrogen-bond acceptors (Lipinski definition) is 4. The van der Waals surface area contributed by atoms with E-state index >= 15 is 0 Å². The summed E-state index contributed by atoms with van der Waals surface area (Å²) >= 11 is 0. The number of rotatable bonds is 11. The monoisotopic (exact) mass is 443 g/mol. The predicted octanol–water partition coefficient (Wildman–Crippen LogP) is 7.74. The van der Waals surface area contributed by atoms with Gasteiger partial charge in [0.15, 0.2) is 0 Å². The molecule has 3 aromatic rings. The Kier molecular flexibility index (Phi) is 9.25. The van der Waals surface area contributed by atoms with Gasteiger partial charge in [-0.25, -0.2) is 4.79 Å². The zero-order chi connectivity index (χ0) is 23.5. The van der Waals surface area contributed by atoms with Crippen molar-refractivity contribution >= 4 is 17.9 Å². The van der Waals surface area contributed by atoms with Gasteiger partial charge in [0, 0.05) is 6.21 Å². The molecular weight excluding hydrogens is 410 g/mol. The predicted molar refractivity (Wildman–Crippen MR) is 135 cm³/mol. The molecule has 0 aliphatic rings. The Morgan fingerprint density at radius 1 is 0.879 bits per heavy atom. The van der Waals surface area contributed by atoms with Gasteiger partial charge in [-0.05, 0) is 90.6 Å². The number of ether oxygens (including phenoxy) is 2. The number of carbonyl (C=O) groups excluding carboxylic acids is 1. The third kappa shape index (κ3) is 7.60. The molecule has 0 saturated carbocycles. The standard InChI is InChI=1S/C29H33NO3/c1-4-6-7-20-32-27-18-12-25(13-19-27)29(31)33-28-16-8-23(9-17-28)21-30-26-14-10-24(11-15-26)22(3)5-2/h8-19,21-22H,4-7,20H2,1-3H3/t22-/m0/s1. The summed E-state index contributed by atoms with van der Waals surface area (Å²) in [5.74, 6) is 1.42. The fourth-order valence-electron chi connectivity index (χ4n) is 3.29. The third-order valence-corrected chi connectivity index (χ3v) is 5.63. The van der Waals surface area contributed by atoms with Crippen LogP contribution in [0, 0.1) is 0 Å². The molecule has 4 nitrogen and oxygen atoms in total.